The maximum Gasteiger partial charge on any atom is 0.322 e. The number of rotatable bonds is 11. The van der Waals surface area contributed by atoms with E-state index in [4.69, 9.17) is 4.74 Å². The van der Waals surface area contributed by atoms with Gasteiger partial charge in [0, 0.05) is 62.8 Å². The number of aromatic nitrogens is 1. The summed E-state index contributed by atoms with van der Waals surface area (Å²) < 4.78 is 47.8. The highest BCUT2D eigenvalue weighted by atomic mass is 32.2. The summed E-state index contributed by atoms with van der Waals surface area (Å²) in [4.78, 5) is 30.4. The van der Waals surface area contributed by atoms with Gasteiger partial charge in [-0.1, -0.05) is 31.8 Å². The number of methoxy groups -OCH3 is 1. The van der Waals surface area contributed by atoms with E-state index in [0.29, 0.717) is 24.2 Å². The predicted octanol–water partition coefficient (Wildman–Crippen LogP) is 2.76. The van der Waals surface area contributed by atoms with Crippen LogP contribution in [-0.2, 0) is 32.9 Å². The van der Waals surface area contributed by atoms with Crippen LogP contribution in [0.1, 0.15) is 46.6 Å². The van der Waals surface area contributed by atoms with Crippen LogP contribution in [0, 0.1) is 23.6 Å². The van der Waals surface area contributed by atoms with Crippen LogP contribution in [0.2, 0.25) is 0 Å². The van der Waals surface area contributed by atoms with Crippen LogP contribution in [0.15, 0.2) is 60.8 Å². The van der Waals surface area contributed by atoms with E-state index in [2.05, 4.69) is 31.8 Å². The van der Waals surface area contributed by atoms with Gasteiger partial charge in [0.25, 0.3) is 16.1 Å². The van der Waals surface area contributed by atoms with E-state index in [1.165, 1.54) is 29.7 Å². The van der Waals surface area contributed by atoms with Gasteiger partial charge in [-0.25, -0.2) is 4.39 Å². The number of amides is 1. The fourth-order valence-corrected chi connectivity index (χ4v) is 6.24. The molecule has 0 aliphatic carbocycles. The predicted molar refractivity (Wildman–Crippen MR) is 167 cm³/mol. The van der Waals surface area contributed by atoms with Crippen molar-refractivity contribution in [2.45, 2.75) is 33.0 Å². The van der Waals surface area contributed by atoms with Crippen LogP contribution in [-0.4, -0.2) is 74.0 Å². The van der Waals surface area contributed by atoms with E-state index in [1.807, 2.05) is 24.3 Å². The normalized spacial score (nSPS) is 14.5. The fraction of sp³-hybridized carbons (Fsp3) is 0.344. The smallest absolute Gasteiger partial charge is 0.322 e. The Labute approximate surface area is 262 Å². The van der Waals surface area contributed by atoms with Gasteiger partial charge in [-0.05, 0) is 65.6 Å². The molecular formula is C32H36FN5O6S. The topological polar surface area (TPSA) is 141 Å². The van der Waals surface area contributed by atoms with E-state index in [-0.39, 0.29) is 43.7 Å². The highest BCUT2D eigenvalue weighted by molar-refractivity contribution is 7.87. The monoisotopic (exact) mass is 637 g/mol. The zero-order valence-electron chi connectivity index (χ0n) is 25.3. The van der Waals surface area contributed by atoms with Crippen LogP contribution in [0.25, 0.3) is 0 Å². The van der Waals surface area contributed by atoms with Gasteiger partial charge in [0.2, 0.25) is 0 Å². The molecule has 0 radical (unpaired) electrons. The summed E-state index contributed by atoms with van der Waals surface area (Å²) in [7, 11) is -2.42. The Morgan fingerprint density at radius 2 is 1.69 bits per heavy atom. The molecule has 0 unspecified atom stereocenters. The van der Waals surface area contributed by atoms with Crippen molar-refractivity contribution in [2.75, 3.05) is 38.2 Å². The van der Waals surface area contributed by atoms with Gasteiger partial charge in [-0.2, -0.15) is 17.4 Å². The number of pyridine rings is 1. The van der Waals surface area contributed by atoms with Crippen molar-refractivity contribution in [3.05, 3.63) is 94.6 Å². The fourth-order valence-electron chi connectivity index (χ4n) is 4.75. The van der Waals surface area contributed by atoms with Gasteiger partial charge >= 0.3 is 5.97 Å². The Morgan fingerprint density at radius 1 is 1.00 bits per heavy atom. The Bertz CT molecular complexity index is 1680. The second-order valence-electron chi connectivity index (χ2n) is 10.8. The van der Waals surface area contributed by atoms with Gasteiger partial charge in [-0.15, -0.1) is 0 Å². The minimum Gasteiger partial charge on any atom is -0.480 e. The van der Waals surface area contributed by atoms with E-state index >= 15 is 0 Å². The number of nitrogens with one attached hydrogen (secondary N) is 2. The Morgan fingerprint density at radius 3 is 2.33 bits per heavy atom. The van der Waals surface area contributed by atoms with Gasteiger partial charge < -0.3 is 20.1 Å². The average molecular weight is 638 g/mol. The van der Waals surface area contributed by atoms with Gasteiger partial charge in [0.05, 0.1) is 6.61 Å². The minimum atomic E-state index is -3.94. The SMILES string of the molecule is COCc1cc(F)ccc1CNC(=O)c1cc(C#Cc2ccc(N3CCN(S(=O)(=O)N[C@@H](C(=O)O)C(C)C)CC3)cc2)ccn1. The zero-order chi connectivity index (χ0) is 32.6. The van der Waals surface area contributed by atoms with Crippen molar-refractivity contribution >= 4 is 27.8 Å². The molecule has 1 fully saturated rings. The zero-order valence-corrected chi connectivity index (χ0v) is 26.1. The van der Waals surface area contributed by atoms with Crippen LogP contribution in [0.5, 0.6) is 0 Å². The quantitative estimate of drug-likeness (QED) is 0.273. The van der Waals surface area contributed by atoms with Crippen LogP contribution >= 0.6 is 0 Å². The van der Waals surface area contributed by atoms with Crippen molar-refractivity contribution in [1.82, 2.24) is 19.3 Å². The molecule has 2 aromatic carbocycles. The largest absolute Gasteiger partial charge is 0.480 e. The standard InChI is InChI=1S/C32H36FN5O6S/c1-22(2)30(32(40)41)36-45(42,43)38-16-14-37(15-17-38)28-10-6-23(7-11-28)4-5-24-12-13-34-29(18-24)31(39)35-20-25-8-9-27(33)19-26(25)21-44-3/h6-13,18-19,22,30,36H,14-17,20-21H2,1-3H3,(H,35,39)(H,40,41)/t30-/m1/s1. The first-order valence-electron chi connectivity index (χ1n) is 14.3. The van der Waals surface area contributed by atoms with Gasteiger partial charge in [0.1, 0.15) is 17.6 Å². The average Bonchev–Trinajstić information content (AvgIpc) is 3.02. The van der Waals surface area contributed by atoms with Crippen molar-refractivity contribution in [3.63, 3.8) is 0 Å². The molecule has 1 amide bonds. The number of carbonyl (C=O) groups is 2. The number of piperazine rings is 1. The lowest BCUT2D eigenvalue weighted by molar-refractivity contribution is -0.140. The molecule has 13 heteroatoms. The Hall–Kier alpha value is -4.35. The van der Waals surface area contributed by atoms with E-state index in [1.54, 1.807) is 32.0 Å². The molecule has 1 aromatic heterocycles. The number of halogens is 1. The molecule has 0 spiro atoms. The molecule has 238 valence electrons. The third-order valence-corrected chi connectivity index (χ3v) is 8.87. The molecular weight excluding hydrogens is 601 g/mol. The van der Waals surface area contributed by atoms with Crippen molar-refractivity contribution in [1.29, 1.82) is 0 Å². The number of benzene rings is 2. The van der Waals surface area contributed by atoms with Crippen molar-refractivity contribution in [2.24, 2.45) is 5.92 Å². The molecule has 45 heavy (non-hydrogen) atoms. The van der Waals surface area contributed by atoms with Gasteiger partial charge in [0.15, 0.2) is 0 Å². The molecule has 2 heterocycles. The summed E-state index contributed by atoms with van der Waals surface area (Å²) in [5.41, 5.74) is 3.86. The third-order valence-electron chi connectivity index (χ3n) is 7.27. The molecule has 11 nitrogen and oxygen atoms in total. The van der Waals surface area contributed by atoms with Crippen LogP contribution in [0.4, 0.5) is 10.1 Å². The first-order chi connectivity index (χ1) is 21.5. The number of carboxylic acid groups (broad SMARTS) is 1. The lowest BCUT2D eigenvalue weighted by Crippen LogP contribution is -2.55. The maximum absolute atomic E-state index is 13.6. The Kier molecular flexibility index (Phi) is 11.2. The van der Waals surface area contributed by atoms with Gasteiger partial charge in [-0.3, -0.25) is 14.6 Å². The maximum atomic E-state index is 13.6. The molecule has 0 saturated carbocycles. The third kappa shape index (κ3) is 9.09. The molecule has 4 rings (SSSR count). The number of hydrogen-bond acceptors (Lipinski definition) is 7. The van der Waals surface area contributed by atoms with Crippen molar-refractivity contribution < 1.29 is 32.2 Å². The van der Waals surface area contributed by atoms with E-state index in [0.717, 1.165) is 16.8 Å². The minimum absolute atomic E-state index is 0.187. The lowest BCUT2D eigenvalue weighted by atomic mass is 10.1. The first-order valence-corrected chi connectivity index (χ1v) is 15.8. The molecule has 1 aliphatic heterocycles. The second-order valence-corrected chi connectivity index (χ2v) is 12.5. The number of carboxylic acids is 1. The molecule has 0 bridgehead atoms. The molecule has 1 aliphatic rings. The van der Waals surface area contributed by atoms with Crippen molar-refractivity contribution in [3.8, 4) is 11.8 Å². The van der Waals surface area contributed by atoms with E-state index < -0.39 is 28.1 Å². The number of carbonyl (C=O) groups excluding carboxylic acids is 1. The number of ether oxygens (including phenoxy) is 1. The number of aliphatic carboxylic acids is 1. The molecule has 3 aromatic rings. The van der Waals surface area contributed by atoms with Crippen LogP contribution < -0.4 is 14.9 Å². The summed E-state index contributed by atoms with van der Waals surface area (Å²) >= 11 is 0. The summed E-state index contributed by atoms with van der Waals surface area (Å²) in [6, 6.07) is 14.0. The second kappa shape index (κ2) is 15.1. The lowest BCUT2D eigenvalue weighted by Gasteiger charge is -2.36. The van der Waals surface area contributed by atoms with E-state index in [9.17, 15) is 27.5 Å². The summed E-state index contributed by atoms with van der Waals surface area (Å²) in [6.45, 7) is 5.05. The number of hydrogen-bond donors (Lipinski definition) is 3. The highest BCUT2D eigenvalue weighted by Crippen LogP contribution is 2.19. The molecule has 3 N–H and O–H groups in total. The number of nitrogens with zero attached hydrogens (tertiary/aromatic N) is 3. The Balaban J connectivity index is 1.33. The molecule has 1 saturated heterocycles. The summed E-state index contributed by atoms with van der Waals surface area (Å²) in [5, 5.41) is 12.1. The first kappa shape index (κ1) is 33.5. The molecule has 1 atom stereocenters. The number of anilines is 1. The highest BCUT2D eigenvalue weighted by Gasteiger charge is 2.33. The van der Waals surface area contributed by atoms with Crippen LogP contribution in [0.3, 0.4) is 0 Å². The summed E-state index contributed by atoms with van der Waals surface area (Å²) in [5.74, 6) is 3.77. The summed E-state index contributed by atoms with van der Waals surface area (Å²) in [6.07, 6.45) is 1.51.